The molecule has 0 fully saturated rings. The minimum atomic E-state index is -1.52. The van der Waals surface area contributed by atoms with Crippen LogP contribution in [0.4, 0.5) is 13.2 Å². The fourth-order valence-electron chi connectivity index (χ4n) is 2.09. The molecule has 0 spiro atoms. The number of aryl methyl sites for hydroxylation is 1. The Labute approximate surface area is 120 Å². The molecule has 0 aliphatic heterocycles. The topological polar surface area (TPSA) is 50.1 Å². The van der Waals surface area contributed by atoms with Gasteiger partial charge in [0.25, 0.3) is 0 Å². The van der Waals surface area contributed by atoms with E-state index in [1.54, 1.807) is 24.1 Å². The van der Waals surface area contributed by atoms with Crippen LogP contribution in [-0.4, -0.2) is 21.5 Å². The Balaban J connectivity index is 2.20. The average Bonchev–Trinajstić information content (AvgIpc) is 2.88. The van der Waals surface area contributed by atoms with Crippen molar-refractivity contribution in [1.82, 2.24) is 15.1 Å². The molecule has 1 heterocycles. The molecule has 0 saturated heterocycles. The van der Waals surface area contributed by atoms with Gasteiger partial charge >= 0.3 is 0 Å². The van der Waals surface area contributed by atoms with E-state index in [2.05, 4.69) is 10.4 Å². The maximum atomic E-state index is 13.3. The van der Waals surface area contributed by atoms with Crippen molar-refractivity contribution >= 4 is 0 Å². The molecule has 2 atom stereocenters. The summed E-state index contributed by atoms with van der Waals surface area (Å²) in [7, 11) is 1.77. The predicted molar refractivity (Wildman–Crippen MR) is 70.9 cm³/mol. The lowest BCUT2D eigenvalue weighted by atomic mass is 10.0. The fourth-order valence-corrected chi connectivity index (χ4v) is 2.09. The molecule has 0 radical (unpaired) electrons. The van der Waals surface area contributed by atoms with E-state index in [4.69, 9.17) is 0 Å². The van der Waals surface area contributed by atoms with Gasteiger partial charge in [0.1, 0.15) is 0 Å². The molecule has 2 N–H and O–H groups in total. The number of aromatic nitrogens is 2. The quantitative estimate of drug-likeness (QED) is 0.832. The first kappa shape index (κ1) is 15.5. The summed E-state index contributed by atoms with van der Waals surface area (Å²) in [5.74, 6) is -4.07. The molecule has 0 saturated carbocycles. The summed E-state index contributed by atoms with van der Waals surface area (Å²) in [5.41, 5.74) is 1.00. The molecule has 0 aliphatic rings. The van der Waals surface area contributed by atoms with Crippen molar-refractivity contribution in [3.05, 3.63) is 53.1 Å². The van der Waals surface area contributed by atoms with Gasteiger partial charge in [-0.05, 0) is 24.6 Å². The van der Waals surface area contributed by atoms with E-state index in [1.165, 1.54) is 0 Å². The van der Waals surface area contributed by atoms with Crippen LogP contribution in [0, 0.1) is 17.5 Å². The molecule has 4 nitrogen and oxygen atoms in total. The Morgan fingerprint density at radius 3 is 2.33 bits per heavy atom. The SMILES string of the molecule is CC(NC(CO)c1cc(F)c(F)c(F)c1)c1cnn(C)c1. The summed E-state index contributed by atoms with van der Waals surface area (Å²) >= 11 is 0. The van der Waals surface area contributed by atoms with E-state index in [-0.39, 0.29) is 18.2 Å². The van der Waals surface area contributed by atoms with Gasteiger partial charge in [-0.25, -0.2) is 13.2 Å². The van der Waals surface area contributed by atoms with Crippen LogP contribution in [0.25, 0.3) is 0 Å². The van der Waals surface area contributed by atoms with E-state index in [0.717, 1.165) is 17.7 Å². The number of halogens is 3. The number of aliphatic hydroxyl groups is 1. The molecule has 2 aromatic rings. The van der Waals surface area contributed by atoms with E-state index in [0.29, 0.717) is 0 Å². The molecule has 114 valence electrons. The second-order valence-corrected chi connectivity index (χ2v) is 4.87. The minimum absolute atomic E-state index is 0.143. The maximum Gasteiger partial charge on any atom is 0.194 e. The number of nitrogens with one attached hydrogen (secondary N) is 1. The average molecular weight is 299 g/mol. The third kappa shape index (κ3) is 3.43. The smallest absolute Gasteiger partial charge is 0.194 e. The van der Waals surface area contributed by atoms with Crippen molar-refractivity contribution in [3.8, 4) is 0 Å². The maximum absolute atomic E-state index is 13.3. The zero-order valence-corrected chi connectivity index (χ0v) is 11.6. The molecular weight excluding hydrogens is 283 g/mol. The highest BCUT2D eigenvalue weighted by atomic mass is 19.2. The molecule has 1 aromatic carbocycles. The second-order valence-electron chi connectivity index (χ2n) is 4.87. The summed E-state index contributed by atoms with van der Waals surface area (Å²) in [6.07, 6.45) is 3.44. The highest BCUT2D eigenvalue weighted by Gasteiger charge is 2.19. The van der Waals surface area contributed by atoms with E-state index in [1.807, 2.05) is 6.92 Å². The zero-order chi connectivity index (χ0) is 15.6. The Morgan fingerprint density at radius 2 is 1.86 bits per heavy atom. The van der Waals surface area contributed by atoms with Gasteiger partial charge in [-0.1, -0.05) is 0 Å². The summed E-state index contributed by atoms with van der Waals surface area (Å²) in [5, 5.41) is 16.5. The molecule has 21 heavy (non-hydrogen) atoms. The first-order valence-corrected chi connectivity index (χ1v) is 6.42. The van der Waals surface area contributed by atoms with Gasteiger partial charge in [0.2, 0.25) is 0 Å². The standard InChI is InChI=1S/C14H16F3N3O/c1-8(10-5-18-20(2)6-10)19-13(7-21)9-3-11(15)14(17)12(16)4-9/h3-6,8,13,19,21H,7H2,1-2H3. The van der Waals surface area contributed by atoms with Gasteiger partial charge in [-0.15, -0.1) is 0 Å². The lowest BCUT2D eigenvalue weighted by molar-refractivity contribution is 0.234. The van der Waals surface area contributed by atoms with Crippen LogP contribution in [0.2, 0.25) is 0 Å². The number of rotatable bonds is 5. The van der Waals surface area contributed by atoms with Crippen molar-refractivity contribution in [3.63, 3.8) is 0 Å². The Kier molecular flexibility index (Phi) is 4.64. The van der Waals surface area contributed by atoms with Crippen LogP contribution < -0.4 is 5.32 Å². The van der Waals surface area contributed by atoms with Crippen molar-refractivity contribution in [2.75, 3.05) is 6.61 Å². The third-order valence-corrected chi connectivity index (χ3v) is 3.27. The molecule has 2 rings (SSSR count). The number of hydrogen-bond donors (Lipinski definition) is 2. The summed E-state index contributed by atoms with van der Waals surface area (Å²) in [6, 6.07) is 0.835. The van der Waals surface area contributed by atoms with E-state index >= 15 is 0 Å². The predicted octanol–water partition coefficient (Wildman–Crippen LogP) is 2.22. The van der Waals surface area contributed by atoms with Gasteiger partial charge in [0.05, 0.1) is 18.8 Å². The zero-order valence-electron chi connectivity index (χ0n) is 11.6. The lowest BCUT2D eigenvalue weighted by Crippen LogP contribution is -2.27. The van der Waals surface area contributed by atoms with Gasteiger partial charge < -0.3 is 10.4 Å². The van der Waals surface area contributed by atoms with Crippen molar-refractivity contribution in [2.24, 2.45) is 7.05 Å². The molecule has 1 aromatic heterocycles. The van der Waals surface area contributed by atoms with Gasteiger partial charge in [0, 0.05) is 24.8 Å². The van der Waals surface area contributed by atoms with Gasteiger partial charge in [-0.3, -0.25) is 4.68 Å². The number of aliphatic hydroxyl groups excluding tert-OH is 1. The fraction of sp³-hybridized carbons (Fsp3) is 0.357. The van der Waals surface area contributed by atoms with Gasteiger partial charge in [0.15, 0.2) is 17.5 Å². The van der Waals surface area contributed by atoms with Crippen LogP contribution in [0.15, 0.2) is 24.5 Å². The minimum Gasteiger partial charge on any atom is -0.394 e. The first-order chi connectivity index (χ1) is 9.92. The third-order valence-electron chi connectivity index (χ3n) is 3.27. The van der Waals surface area contributed by atoms with Crippen molar-refractivity contribution in [2.45, 2.75) is 19.0 Å². The Bertz CT molecular complexity index is 607. The Morgan fingerprint density at radius 1 is 1.24 bits per heavy atom. The molecule has 0 bridgehead atoms. The van der Waals surface area contributed by atoms with Crippen molar-refractivity contribution in [1.29, 1.82) is 0 Å². The van der Waals surface area contributed by atoms with Gasteiger partial charge in [-0.2, -0.15) is 5.10 Å². The molecule has 0 amide bonds. The second kappa shape index (κ2) is 6.28. The number of nitrogens with zero attached hydrogens (tertiary/aromatic N) is 2. The Hall–Kier alpha value is -1.86. The summed E-state index contributed by atoms with van der Waals surface area (Å²) in [4.78, 5) is 0. The van der Waals surface area contributed by atoms with Crippen molar-refractivity contribution < 1.29 is 18.3 Å². The monoisotopic (exact) mass is 299 g/mol. The number of hydrogen-bond acceptors (Lipinski definition) is 3. The van der Waals surface area contributed by atoms with E-state index in [9.17, 15) is 18.3 Å². The van der Waals surface area contributed by atoms with Crippen LogP contribution >= 0.6 is 0 Å². The van der Waals surface area contributed by atoms with Crippen LogP contribution in [-0.2, 0) is 7.05 Å². The molecule has 0 aliphatic carbocycles. The first-order valence-electron chi connectivity index (χ1n) is 6.42. The molecule has 7 heteroatoms. The van der Waals surface area contributed by atoms with E-state index < -0.39 is 23.5 Å². The van der Waals surface area contributed by atoms with Crippen LogP contribution in [0.3, 0.4) is 0 Å². The highest BCUT2D eigenvalue weighted by molar-refractivity contribution is 5.23. The van der Waals surface area contributed by atoms with Crippen LogP contribution in [0.5, 0.6) is 0 Å². The molecule has 2 unspecified atom stereocenters. The summed E-state index contributed by atoms with van der Waals surface area (Å²) < 4.78 is 41.1. The largest absolute Gasteiger partial charge is 0.394 e. The lowest BCUT2D eigenvalue weighted by Gasteiger charge is -2.21. The normalized spacial score (nSPS) is 14.2. The highest BCUT2D eigenvalue weighted by Crippen LogP contribution is 2.22. The number of benzene rings is 1. The molecular formula is C14H16F3N3O. The van der Waals surface area contributed by atoms with Crippen LogP contribution in [0.1, 0.15) is 30.1 Å². The summed E-state index contributed by atoms with van der Waals surface area (Å²) in [6.45, 7) is 1.45.